The van der Waals surface area contributed by atoms with Crippen LogP contribution in [0.25, 0.3) is 6.08 Å². The number of imidazole rings is 1. The second-order valence-corrected chi connectivity index (χ2v) is 1.68. The molecule has 0 spiro atoms. The summed E-state index contributed by atoms with van der Waals surface area (Å²) in [7, 11) is 0. The molecule has 0 atom stereocenters. The van der Waals surface area contributed by atoms with Crippen LogP contribution in [-0.2, 0) is 0 Å². The molecule has 0 amide bonds. The minimum atomic E-state index is 0.764. The number of nitrogens with zero attached hydrogens (tertiary/aromatic N) is 2. The highest BCUT2D eigenvalue weighted by atomic mass is 16.5. The summed E-state index contributed by atoms with van der Waals surface area (Å²) in [4.78, 5) is 3.83. The van der Waals surface area contributed by atoms with E-state index in [2.05, 4.69) is 4.98 Å². The fourth-order valence-corrected chi connectivity index (χ4v) is 0.585. The zero-order valence-electron chi connectivity index (χ0n) is 5.15. The van der Waals surface area contributed by atoms with Gasteiger partial charge in [0.25, 0.3) is 0 Å². The van der Waals surface area contributed by atoms with Gasteiger partial charge in [-0.15, -0.1) is 0 Å². The zero-order chi connectivity index (χ0) is 6.69. The fourth-order valence-electron chi connectivity index (χ4n) is 0.585. The Morgan fingerprint density at radius 1 is 1.78 bits per heavy atom. The lowest BCUT2D eigenvalue weighted by molar-refractivity contribution is 0.186. The average Bonchev–Trinajstić information content (AvgIpc) is 2.17. The second-order valence-electron chi connectivity index (χ2n) is 1.68. The number of hydrogen-bond donors (Lipinski definition) is 1. The molecule has 0 unspecified atom stereocenters. The molecule has 0 saturated carbocycles. The summed E-state index contributed by atoms with van der Waals surface area (Å²) in [5.74, 6) is 0. The van der Waals surface area contributed by atoms with E-state index in [0.717, 1.165) is 10.4 Å². The van der Waals surface area contributed by atoms with Crippen LogP contribution >= 0.6 is 0 Å². The molecule has 0 aliphatic heterocycles. The van der Waals surface area contributed by atoms with Crippen molar-refractivity contribution < 1.29 is 5.21 Å². The van der Waals surface area contributed by atoms with Crippen LogP contribution in [0.4, 0.5) is 0 Å². The molecule has 3 heteroatoms. The summed E-state index contributed by atoms with van der Waals surface area (Å²) in [6, 6.07) is 0. The first-order chi connectivity index (χ1) is 4.33. The molecule has 0 aliphatic rings. The number of rotatable bonds is 1. The molecule has 0 radical (unpaired) electrons. The Labute approximate surface area is 53.2 Å². The third-order valence-electron chi connectivity index (χ3n) is 0.927. The average molecular weight is 124 g/mol. The van der Waals surface area contributed by atoms with Crippen molar-refractivity contribution in [2.45, 2.75) is 6.92 Å². The third kappa shape index (κ3) is 1.32. The summed E-state index contributed by atoms with van der Waals surface area (Å²) >= 11 is 0. The standard InChI is InChI=1S/C6H8N2O/c1-2-3-6-4-8(9)5-7-6/h2-5,9H,1H3/b3-2+. The Morgan fingerprint density at radius 3 is 3.00 bits per heavy atom. The van der Waals surface area contributed by atoms with Gasteiger partial charge in [-0.1, -0.05) is 6.08 Å². The molecule has 0 saturated heterocycles. The van der Waals surface area contributed by atoms with E-state index in [1.165, 1.54) is 12.5 Å². The van der Waals surface area contributed by atoms with Gasteiger partial charge in [0.1, 0.15) is 6.33 Å². The Morgan fingerprint density at radius 2 is 2.56 bits per heavy atom. The van der Waals surface area contributed by atoms with Crippen molar-refractivity contribution in [2.75, 3.05) is 0 Å². The molecule has 3 nitrogen and oxygen atoms in total. The molecular weight excluding hydrogens is 116 g/mol. The Kier molecular flexibility index (Phi) is 1.53. The first-order valence-electron chi connectivity index (χ1n) is 2.69. The van der Waals surface area contributed by atoms with Crippen molar-refractivity contribution >= 4 is 6.08 Å². The Balaban J connectivity index is 2.85. The van der Waals surface area contributed by atoms with Gasteiger partial charge in [0.15, 0.2) is 0 Å². The molecule has 1 aromatic rings. The highest BCUT2D eigenvalue weighted by Crippen LogP contribution is 1.94. The van der Waals surface area contributed by atoms with Gasteiger partial charge >= 0.3 is 0 Å². The summed E-state index contributed by atoms with van der Waals surface area (Å²) in [6.45, 7) is 1.90. The first kappa shape index (κ1) is 5.88. The maximum Gasteiger partial charge on any atom is 0.132 e. The van der Waals surface area contributed by atoms with E-state index in [1.807, 2.05) is 19.1 Å². The highest BCUT2D eigenvalue weighted by Gasteiger charge is 1.88. The molecule has 48 valence electrons. The van der Waals surface area contributed by atoms with Gasteiger partial charge in [-0.25, -0.2) is 4.98 Å². The van der Waals surface area contributed by atoms with E-state index in [-0.39, 0.29) is 0 Å². The van der Waals surface area contributed by atoms with E-state index < -0.39 is 0 Å². The van der Waals surface area contributed by atoms with Crippen LogP contribution in [0.1, 0.15) is 12.6 Å². The molecule has 0 aliphatic carbocycles. The number of hydrogen-bond acceptors (Lipinski definition) is 2. The van der Waals surface area contributed by atoms with Crippen molar-refractivity contribution in [1.29, 1.82) is 0 Å². The van der Waals surface area contributed by atoms with Crippen molar-refractivity contribution in [3.8, 4) is 0 Å². The Hall–Kier alpha value is -1.25. The molecule has 1 aromatic heterocycles. The molecular formula is C6H8N2O. The van der Waals surface area contributed by atoms with Crippen LogP contribution in [-0.4, -0.2) is 14.9 Å². The molecule has 1 N–H and O–H groups in total. The first-order valence-corrected chi connectivity index (χ1v) is 2.69. The van der Waals surface area contributed by atoms with E-state index in [9.17, 15) is 0 Å². The quantitative estimate of drug-likeness (QED) is 0.570. The predicted molar refractivity (Wildman–Crippen MR) is 34.1 cm³/mol. The molecule has 1 heterocycles. The molecule has 1 rings (SSSR count). The minimum Gasteiger partial charge on any atom is -0.427 e. The SMILES string of the molecule is C/C=C/c1cn(O)cn1. The second kappa shape index (κ2) is 2.35. The molecule has 0 fully saturated rings. The van der Waals surface area contributed by atoms with Gasteiger partial charge in [-0.3, -0.25) is 0 Å². The van der Waals surface area contributed by atoms with Crippen LogP contribution in [0.15, 0.2) is 18.6 Å². The van der Waals surface area contributed by atoms with E-state index in [0.29, 0.717) is 0 Å². The fraction of sp³-hybridized carbons (Fsp3) is 0.167. The van der Waals surface area contributed by atoms with Crippen molar-refractivity contribution in [3.63, 3.8) is 0 Å². The van der Waals surface area contributed by atoms with Crippen LogP contribution in [0.3, 0.4) is 0 Å². The summed E-state index contributed by atoms with van der Waals surface area (Å²) in [5, 5.41) is 8.70. The predicted octanol–water partition coefficient (Wildman–Crippen LogP) is 1.15. The third-order valence-corrected chi connectivity index (χ3v) is 0.927. The monoisotopic (exact) mass is 124 g/mol. The van der Waals surface area contributed by atoms with Gasteiger partial charge in [-0.05, 0) is 13.0 Å². The van der Waals surface area contributed by atoms with Crippen molar-refractivity contribution in [2.24, 2.45) is 0 Å². The smallest absolute Gasteiger partial charge is 0.132 e. The zero-order valence-corrected chi connectivity index (χ0v) is 5.15. The lowest BCUT2D eigenvalue weighted by atomic mass is 10.4. The van der Waals surface area contributed by atoms with Crippen LogP contribution in [0.5, 0.6) is 0 Å². The molecule has 9 heavy (non-hydrogen) atoms. The largest absolute Gasteiger partial charge is 0.427 e. The maximum atomic E-state index is 8.70. The molecule has 0 aromatic carbocycles. The summed E-state index contributed by atoms with van der Waals surface area (Å²) in [5.41, 5.74) is 0.764. The minimum absolute atomic E-state index is 0.764. The van der Waals surface area contributed by atoms with Crippen LogP contribution < -0.4 is 0 Å². The van der Waals surface area contributed by atoms with Gasteiger partial charge in [0.05, 0.1) is 11.9 Å². The van der Waals surface area contributed by atoms with Gasteiger partial charge in [0, 0.05) is 0 Å². The van der Waals surface area contributed by atoms with Crippen LogP contribution in [0.2, 0.25) is 0 Å². The van der Waals surface area contributed by atoms with E-state index in [1.54, 1.807) is 0 Å². The topological polar surface area (TPSA) is 38.0 Å². The summed E-state index contributed by atoms with van der Waals surface area (Å²) in [6.07, 6.45) is 6.55. The van der Waals surface area contributed by atoms with Gasteiger partial charge in [-0.2, -0.15) is 4.73 Å². The normalized spacial score (nSPS) is 10.8. The highest BCUT2D eigenvalue weighted by molar-refractivity contribution is 5.41. The van der Waals surface area contributed by atoms with Crippen molar-refractivity contribution in [3.05, 3.63) is 24.3 Å². The van der Waals surface area contributed by atoms with Crippen LogP contribution in [0, 0.1) is 0 Å². The maximum absolute atomic E-state index is 8.70. The van der Waals surface area contributed by atoms with Crippen molar-refractivity contribution in [1.82, 2.24) is 9.71 Å². The number of aromatic nitrogens is 2. The lowest BCUT2D eigenvalue weighted by Gasteiger charge is -1.79. The number of allylic oxidation sites excluding steroid dienone is 1. The molecule has 0 bridgehead atoms. The Bertz CT molecular complexity index is 215. The van der Waals surface area contributed by atoms with E-state index >= 15 is 0 Å². The van der Waals surface area contributed by atoms with E-state index in [4.69, 9.17) is 5.21 Å². The summed E-state index contributed by atoms with van der Waals surface area (Å²) < 4.78 is 0.926. The lowest BCUT2D eigenvalue weighted by Crippen LogP contribution is -1.79. The van der Waals surface area contributed by atoms with Gasteiger partial charge in [0.2, 0.25) is 0 Å². The van der Waals surface area contributed by atoms with Gasteiger partial charge < -0.3 is 5.21 Å².